The smallest absolute Gasteiger partial charge is 0.191 e. The molecule has 0 saturated carbocycles. The molecule has 2 aliphatic rings. The molecule has 3 rings (SSSR count). The molecule has 25 heavy (non-hydrogen) atoms. The molecule has 0 amide bonds. The van der Waals surface area contributed by atoms with Gasteiger partial charge in [-0.3, -0.25) is 0 Å². The lowest BCUT2D eigenvalue weighted by Crippen LogP contribution is -2.28. The van der Waals surface area contributed by atoms with Gasteiger partial charge in [0.25, 0.3) is 0 Å². The second-order valence-electron chi connectivity index (χ2n) is 6.70. The SMILES string of the molecule is C=CCn1c(SCC2CCCS(=O)(=O)C2)nnc1C1CCNCC1.Cl. The van der Waals surface area contributed by atoms with Crippen LogP contribution in [0.5, 0.6) is 0 Å². The second kappa shape index (κ2) is 9.39. The Morgan fingerprint density at radius 1 is 1.28 bits per heavy atom. The van der Waals surface area contributed by atoms with E-state index in [1.165, 1.54) is 0 Å². The number of nitrogens with one attached hydrogen (secondary N) is 1. The molecule has 1 aromatic rings. The predicted octanol–water partition coefficient (Wildman–Crippen LogP) is 2.27. The largest absolute Gasteiger partial charge is 0.317 e. The second-order valence-corrected chi connectivity index (χ2v) is 9.91. The summed E-state index contributed by atoms with van der Waals surface area (Å²) in [6, 6.07) is 0. The number of piperidine rings is 1. The van der Waals surface area contributed by atoms with Gasteiger partial charge in [-0.2, -0.15) is 0 Å². The lowest BCUT2D eigenvalue weighted by Gasteiger charge is -2.23. The quantitative estimate of drug-likeness (QED) is 0.576. The van der Waals surface area contributed by atoms with Gasteiger partial charge in [-0.15, -0.1) is 29.2 Å². The van der Waals surface area contributed by atoms with Crippen LogP contribution in [0.2, 0.25) is 0 Å². The van der Waals surface area contributed by atoms with E-state index in [0.29, 0.717) is 24.0 Å². The van der Waals surface area contributed by atoms with Crippen LogP contribution in [0.25, 0.3) is 0 Å². The fourth-order valence-corrected chi connectivity index (χ4v) is 6.55. The summed E-state index contributed by atoms with van der Waals surface area (Å²) in [5.74, 6) is 3.18. The number of rotatable bonds is 6. The Morgan fingerprint density at radius 3 is 2.72 bits per heavy atom. The summed E-state index contributed by atoms with van der Waals surface area (Å²) in [5, 5.41) is 13.1. The highest BCUT2D eigenvalue weighted by molar-refractivity contribution is 7.99. The zero-order valence-electron chi connectivity index (χ0n) is 14.4. The third-order valence-electron chi connectivity index (χ3n) is 4.77. The van der Waals surface area contributed by atoms with Gasteiger partial charge in [-0.25, -0.2) is 8.42 Å². The van der Waals surface area contributed by atoms with Crippen LogP contribution >= 0.6 is 24.2 Å². The lowest BCUT2D eigenvalue weighted by molar-refractivity contribution is 0.431. The normalized spacial score (nSPS) is 23.8. The third-order valence-corrected chi connectivity index (χ3v) is 7.86. The fourth-order valence-electron chi connectivity index (χ4n) is 3.53. The molecule has 0 radical (unpaired) electrons. The van der Waals surface area contributed by atoms with Crippen molar-refractivity contribution in [3.8, 4) is 0 Å². The topological polar surface area (TPSA) is 76.9 Å². The van der Waals surface area contributed by atoms with Crippen LogP contribution < -0.4 is 5.32 Å². The minimum absolute atomic E-state index is 0. The van der Waals surface area contributed by atoms with Crippen molar-refractivity contribution in [1.82, 2.24) is 20.1 Å². The molecule has 0 spiro atoms. The molecular formula is C16H27ClN4O2S2. The van der Waals surface area contributed by atoms with E-state index >= 15 is 0 Å². The predicted molar refractivity (Wildman–Crippen MR) is 104 cm³/mol. The number of sulfone groups is 1. The summed E-state index contributed by atoms with van der Waals surface area (Å²) in [4.78, 5) is 0. The highest BCUT2D eigenvalue weighted by atomic mass is 35.5. The zero-order valence-corrected chi connectivity index (χ0v) is 16.8. The Hall–Kier alpha value is -0.570. The van der Waals surface area contributed by atoms with E-state index < -0.39 is 9.84 Å². The maximum Gasteiger partial charge on any atom is 0.191 e. The van der Waals surface area contributed by atoms with Crippen molar-refractivity contribution in [2.75, 3.05) is 30.3 Å². The molecule has 9 heteroatoms. The maximum absolute atomic E-state index is 11.8. The molecule has 0 bridgehead atoms. The molecule has 0 aliphatic carbocycles. The van der Waals surface area contributed by atoms with E-state index in [1.807, 2.05) is 6.08 Å². The van der Waals surface area contributed by atoms with Gasteiger partial charge in [0.15, 0.2) is 15.0 Å². The summed E-state index contributed by atoms with van der Waals surface area (Å²) in [6.07, 6.45) is 5.82. The summed E-state index contributed by atoms with van der Waals surface area (Å²) in [6.45, 7) is 6.60. The Labute approximate surface area is 160 Å². The van der Waals surface area contributed by atoms with Crippen molar-refractivity contribution in [1.29, 1.82) is 0 Å². The monoisotopic (exact) mass is 406 g/mol. The van der Waals surface area contributed by atoms with E-state index in [1.54, 1.807) is 11.8 Å². The molecule has 1 N–H and O–H groups in total. The van der Waals surface area contributed by atoms with Crippen molar-refractivity contribution in [3.05, 3.63) is 18.5 Å². The number of aromatic nitrogens is 3. The van der Waals surface area contributed by atoms with Gasteiger partial charge < -0.3 is 9.88 Å². The first-order chi connectivity index (χ1) is 11.6. The average Bonchev–Trinajstić information content (AvgIpc) is 2.96. The van der Waals surface area contributed by atoms with Gasteiger partial charge in [-0.1, -0.05) is 17.8 Å². The van der Waals surface area contributed by atoms with Crippen LogP contribution in [0, 0.1) is 5.92 Å². The molecule has 2 saturated heterocycles. The summed E-state index contributed by atoms with van der Waals surface area (Å²) >= 11 is 1.64. The highest BCUT2D eigenvalue weighted by Crippen LogP contribution is 2.30. The van der Waals surface area contributed by atoms with Gasteiger partial charge >= 0.3 is 0 Å². The van der Waals surface area contributed by atoms with Crippen LogP contribution in [0.1, 0.15) is 37.4 Å². The molecular weight excluding hydrogens is 380 g/mol. The molecule has 142 valence electrons. The number of allylic oxidation sites excluding steroid dienone is 1. The Morgan fingerprint density at radius 2 is 2.04 bits per heavy atom. The van der Waals surface area contributed by atoms with E-state index in [4.69, 9.17) is 0 Å². The number of nitrogens with zero attached hydrogens (tertiary/aromatic N) is 3. The molecule has 6 nitrogen and oxygen atoms in total. The van der Waals surface area contributed by atoms with Gasteiger partial charge in [0, 0.05) is 18.2 Å². The number of hydrogen-bond acceptors (Lipinski definition) is 6. The van der Waals surface area contributed by atoms with Gasteiger partial charge in [0.1, 0.15) is 5.82 Å². The van der Waals surface area contributed by atoms with Crippen molar-refractivity contribution in [2.45, 2.75) is 43.3 Å². The average molecular weight is 407 g/mol. The Balaban J connectivity index is 0.00000225. The first-order valence-corrected chi connectivity index (χ1v) is 11.5. The standard InChI is InChI=1S/C16H26N4O2S2.ClH/c1-2-9-20-15(14-5-7-17-8-6-14)18-19-16(20)23-11-13-4-3-10-24(21,22)12-13;/h2,13-14,17H,1,3-12H2;1H. The van der Waals surface area contributed by atoms with Crippen LogP contribution in [0.15, 0.2) is 17.8 Å². The molecule has 1 unspecified atom stereocenters. The molecule has 1 aromatic heterocycles. The van der Waals surface area contributed by atoms with E-state index in [-0.39, 0.29) is 18.3 Å². The fraction of sp³-hybridized carbons (Fsp3) is 0.750. The van der Waals surface area contributed by atoms with Crippen molar-refractivity contribution >= 4 is 34.0 Å². The highest BCUT2D eigenvalue weighted by Gasteiger charge is 2.27. The van der Waals surface area contributed by atoms with Crippen LogP contribution in [-0.2, 0) is 16.4 Å². The van der Waals surface area contributed by atoms with Gasteiger partial charge in [0.05, 0.1) is 11.5 Å². The van der Waals surface area contributed by atoms with Crippen molar-refractivity contribution in [3.63, 3.8) is 0 Å². The van der Waals surface area contributed by atoms with E-state index in [0.717, 1.165) is 55.5 Å². The minimum Gasteiger partial charge on any atom is -0.317 e. The molecule has 1 atom stereocenters. The first kappa shape index (κ1) is 20.7. The molecule has 0 aromatic carbocycles. The Bertz CT molecular complexity index is 672. The first-order valence-electron chi connectivity index (χ1n) is 8.67. The zero-order chi connectivity index (χ0) is 17.0. The van der Waals surface area contributed by atoms with E-state index in [2.05, 4.69) is 26.7 Å². The van der Waals surface area contributed by atoms with Gasteiger partial charge in [-0.05, 0) is 44.7 Å². The summed E-state index contributed by atoms with van der Waals surface area (Å²) in [7, 11) is -2.85. The third kappa shape index (κ3) is 5.45. The number of halogens is 1. The molecule has 2 aliphatic heterocycles. The lowest BCUT2D eigenvalue weighted by atomic mass is 9.97. The minimum atomic E-state index is -2.85. The Kier molecular flexibility index (Phi) is 7.79. The van der Waals surface area contributed by atoms with Gasteiger partial charge in [0.2, 0.25) is 0 Å². The van der Waals surface area contributed by atoms with E-state index in [9.17, 15) is 8.42 Å². The molecule has 3 heterocycles. The maximum atomic E-state index is 11.8. The summed E-state index contributed by atoms with van der Waals surface area (Å²) in [5.41, 5.74) is 0. The summed E-state index contributed by atoms with van der Waals surface area (Å²) < 4.78 is 25.7. The molecule has 2 fully saturated rings. The number of hydrogen-bond donors (Lipinski definition) is 1. The van der Waals surface area contributed by atoms with Crippen molar-refractivity contribution in [2.24, 2.45) is 5.92 Å². The van der Waals surface area contributed by atoms with Crippen LogP contribution in [0.3, 0.4) is 0 Å². The number of thioether (sulfide) groups is 1. The van der Waals surface area contributed by atoms with Crippen molar-refractivity contribution < 1.29 is 8.42 Å². The van der Waals surface area contributed by atoms with Crippen LogP contribution in [0.4, 0.5) is 0 Å². The van der Waals surface area contributed by atoms with Crippen LogP contribution in [-0.4, -0.2) is 53.5 Å².